The molecule has 0 radical (unpaired) electrons. The minimum atomic E-state index is -4.32. The van der Waals surface area contributed by atoms with Crippen molar-refractivity contribution in [2.75, 3.05) is 26.2 Å². The van der Waals surface area contributed by atoms with Gasteiger partial charge in [0.05, 0.1) is 6.10 Å². The number of carbonyl (C=O) groups excluding carboxylic acids is 1. The van der Waals surface area contributed by atoms with Gasteiger partial charge in [-0.15, -0.1) is 0 Å². The fraction of sp³-hybridized carbons (Fsp3) is 0.562. The third-order valence-electron chi connectivity index (χ3n) is 3.77. The van der Waals surface area contributed by atoms with Crippen LogP contribution in [0, 0.1) is 0 Å². The van der Waals surface area contributed by atoms with Crippen molar-refractivity contribution in [1.29, 1.82) is 0 Å². The van der Waals surface area contributed by atoms with Gasteiger partial charge in [0.15, 0.2) is 0 Å². The van der Waals surface area contributed by atoms with Crippen LogP contribution < -0.4 is 5.73 Å². The zero-order valence-corrected chi connectivity index (χ0v) is 14.0. The van der Waals surface area contributed by atoms with Gasteiger partial charge in [-0.25, -0.2) is 0 Å². The van der Waals surface area contributed by atoms with Gasteiger partial charge in [-0.1, -0.05) is 0 Å². The van der Waals surface area contributed by atoms with Gasteiger partial charge >= 0.3 is 5.51 Å². The topological polar surface area (TPSA) is 55.6 Å². The van der Waals surface area contributed by atoms with Gasteiger partial charge in [0, 0.05) is 30.2 Å². The molecule has 2 N–H and O–H groups in total. The molecular weight excluding hydrogens is 341 g/mol. The predicted octanol–water partition coefficient (Wildman–Crippen LogP) is 3.27. The SMILES string of the molecule is NCCCOC1CCN(C(=O)c2ccc(SC(F)(F)F)cc2)CC1. The van der Waals surface area contributed by atoms with E-state index in [1.807, 2.05) is 0 Å². The van der Waals surface area contributed by atoms with E-state index in [0.717, 1.165) is 19.3 Å². The molecule has 1 aromatic rings. The van der Waals surface area contributed by atoms with Crippen molar-refractivity contribution in [1.82, 2.24) is 4.90 Å². The standard InChI is InChI=1S/C16H21F3N2O2S/c17-16(18,19)24-14-4-2-12(3-5-14)15(22)21-9-6-13(7-10-21)23-11-1-8-20/h2-5,13H,1,6-11,20H2. The number of thioether (sulfide) groups is 1. The number of ether oxygens (including phenoxy) is 1. The summed E-state index contributed by atoms with van der Waals surface area (Å²) in [7, 11) is 0. The van der Waals surface area contributed by atoms with Crippen LogP contribution in [0.15, 0.2) is 29.2 Å². The Labute approximate surface area is 143 Å². The van der Waals surface area contributed by atoms with Crippen molar-refractivity contribution < 1.29 is 22.7 Å². The van der Waals surface area contributed by atoms with Crippen LogP contribution in [0.3, 0.4) is 0 Å². The molecule has 1 saturated heterocycles. The molecule has 0 spiro atoms. The van der Waals surface area contributed by atoms with E-state index in [1.165, 1.54) is 24.3 Å². The van der Waals surface area contributed by atoms with Gasteiger partial charge in [-0.05, 0) is 61.8 Å². The van der Waals surface area contributed by atoms with Crippen molar-refractivity contribution in [2.24, 2.45) is 5.73 Å². The molecular formula is C16H21F3N2O2S. The zero-order chi connectivity index (χ0) is 17.6. The average Bonchev–Trinajstić information content (AvgIpc) is 2.54. The van der Waals surface area contributed by atoms with Crippen LogP contribution in [-0.2, 0) is 4.74 Å². The number of rotatable bonds is 6. The largest absolute Gasteiger partial charge is 0.446 e. The van der Waals surface area contributed by atoms with Crippen molar-refractivity contribution in [2.45, 2.75) is 35.8 Å². The summed E-state index contributed by atoms with van der Waals surface area (Å²) in [5, 5.41) is 0. The van der Waals surface area contributed by atoms with Gasteiger partial charge in [-0.3, -0.25) is 4.79 Å². The van der Waals surface area contributed by atoms with Crippen molar-refractivity contribution >= 4 is 17.7 Å². The lowest BCUT2D eigenvalue weighted by atomic mass is 10.1. The van der Waals surface area contributed by atoms with Crippen molar-refractivity contribution in [3.05, 3.63) is 29.8 Å². The Hall–Kier alpha value is -1.25. The number of hydrogen-bond donors (Lipinski definition) is 1. The molecule has 0 unspecified atom stereocenters. The smallest absolute Gasteiger partial charge is 0.378 e. The predicted molar refractivity (Wildman–Crippen MR) is 86.9 cm³/mol. The quantitative estimate of drug-likeness (QED) is 0.623. The average molecular weight is 362 g/mol. The highest BCUT2D eigenvalue weighted by molar-refractivity contribution is 8.00. The van der Waals surface area contributed by atoms with E-state index in [9.17, 15) is 18.0 Å². The molecule has 0 bridgehead atoms. The Kier molecular flexibility index (Phi) is 6.94. The van der Waals surface area contributed by atoms with Crippen LogP contribution in [0.4, 0.5) is 13.2 Å². The Morgan fingerprint density at radius 1 is 1.25 bits per heavy atom. The molecule has 0 saturated carbocycles. The van der Waals surface area contributed by atoms with E-state index >= 15 is 0 Å². The summed E-state index contributed by atoms with van der Waals surface area (Å²) in [5.41, 5.74) is 1.50. The highest BCUT2D eigenvalue weighted by atomic mass is 32.2. The second-order valence-electron chi connectivity index (χ2n) is 5.58. The molecule has 0 atom stereocenters. The van der Waals surface area contributed by atoms with Gasteiger partial charge < -0.3 is 15.4 Å². The molecule has 134 valence electrons. The molecule has 1 fully saturated rings. The third-order valence-corrected chi connectivity index (χ3v) is 4.51. The number of amides is 1. The Morgan fingerprint density at radius 3 is 2.42 bits per heavy atom. The molecule has 24 heavy (non-hydrogen) atoms. The maximum absolute atomic E-state index is 12.4. The zero-order valence-electron chi connectivity index (χ0n) is 13.2. The van der Waals surface area contributed by atoms with E-state index < -0.39 is 5.51 Å². The summed E-state index contributed by atoms with van der Waals surface area (Å²) in [4.78, 5) is 14.2. The highest BCUT2D eigenvalue weighted by Gasteiger charge is 2.29. The molecule has 1 aromatic carbocycles. The fourth-order valence-electron chi connectivity index (χ4n) is 2.54. The number of halogens is 3. The maximum atomic E-state index is 12.4. The first-order valence-electron chi connectivity index (χ1n) is 7.86. The van der Waals surface area contributed by atoms with Crippen molar-refractivity contribution in [3.8, 4) is 0 Å². The van der Waals surface area contributed by atoms with E-state index in [0.29, 0.717) is 31.8 Å². The molecule has 4 nitrogen and oxygen atoms in total. The first kappa shape index (κ1) is 19.1. The molecule has 1 aliphatic rings. The number of nitrogens with zero attached hydrogens (tertiary/aromatic N) is 1. The van der Waals surface area contributed by atoms with Crippen LogP contribution in [0.2, 0.25) is 0 Å². The van der Waals surface area contributed by atoms with Crippen LogP contribution in [0.1, 0.15) is 29.6 Å². The Balaban J connectivity index is 1.84. The van der Waals surface area contributed by atoms with Gasteiger partial charge in [0.1, 0.15) is 0 Å². The lowest BCUT2D eigenvalue weighted by molar-refractivity contribution is -0.0328. The number of carbonyl (C=O) groups is 1. The number of likely N-dealkylation sites (tertiary alicyclic amines) is 1. The maximum Gasteiger partial charge on any atom is 0.446 e. The Morgan fingerprint density at radius 2 is 1.88 bits per heavy atom. The molecule has 0 aromatic heterocycles. The van der Waals surface area contributed by atoms with Crippen LogP contribution in [0.25, 0.3) is 0 Å². The van der Waals surface area contributed by atoms with Crippen molar-refractivity contribution in [3.63, 3.8) is 0 Å². The minimum absolute atomic E-state index is 0.0751. The van der Waals surface area contributed by atoms with E-state index in [-0.39, 0.29) is 28.7 Å². The van der Waals surface area contributed by atoms with Crippen LogP contribution in [0.5, 0.6) is 0 Å². The molecule has 0 aliphatic carbocycles. The molecule has 1 aliphatic heterocycles. The molecule has 1 amide bonds. The summed E-state index contributed by atoms with van der Waals surface area (Å²) in [6.07, 6.45) is 2.49. The summed E-state index contributed by atoms with van der Waals surface area (Å²) >= 11 is -0.184. The number of piperidine rings is 1. The fourth-order valence-corrected chi connectivity index (χ4v) is 3.08. The first-order chi connectivity index (χ1) is 11.4. The first-order valence-corrected chi connectivity index (χ1v) is 8.67. The van der Waals surface area contributed by atoms with Gasteiger partial charge in [0.2, 0.25) is 0 Å². The highest BCUT2D eigenvalue weighted by Crippen LogP contribution is 2.36. The van der Waals surface area contributed by atoms with E-state index in [2.05, 4.69) is 0 Å². The second kappa shape index (κ2) is 8.73. The normalized spacial score (nSPS) is 16.4. The Bertz CT molecular complexity index is 529. The van der Waals surface area contributed by atoms with Gasteiger partial charge in [-0.2, -0.15) is 13.2 Å². The second-order valence-corrected chi connectivity index (χ2v) is 6.72. The van der Waals surface area contributed by atoms with Crippen LogP contribution >= 0.6 is 11.8 Å². The third kappa shape index (κ3) is 5.99. The lowest BCUT2D eigenvalue weighted by Gasteiger charge is -2.32. The number of nitrogens with two attached hydrogens (primary N) is 1. The van der Waals surface area contributed by atoms with Gasteiger partial charge in [0.25, 0.3) is 5.91 Å². The number of hydrogen-bond acceptors (Lipinski definition) is 4. The summed E-state index contributed by atoms with van der Waals surface area (Å²) in [6, 6.07) is 5.54. The van der Waals surface area contributed by atoms with Crippen LogP contribution in [-0.4, -0.2) is 48.7 Å². The summed E-state index contributed by atoms with van der Waals surface area (Å²) in [6.45, 7) is 2.41. The van der Waals surface area contributed by atoms with E-state index in [1.54, 1.807) is 4.90 Å². The van der Waals surface area contributed by atoms with E-state index in [4.69, 9.17) is 10.5 Å². The monoisotopic (exact) mass is 362 g/mol. The molecule has 2 rings (SSSR count). The number of alkyl halides is 3. The molecule has 1 heterocycles. The number of benzene rings is 1. The lowest BCUT2D eigenvalue weighted by Crippen LogP contribution is -2.41. The summed E-state index contributed by atoms with van der Waals surface area (Å²) < 4.78 is 42.6. The minimum Gasteiger partial charge on any atom is -0.378 e. The summed E-state index contributed by atoms with van der Waals surface area (Å²) in [5.74, 6) is -0.154. The molecule has 8 heteroatoms.